The van der Waals surface area contributed by atoms with Crippen LogP contribution in [0.15, 0.2) is 30.3 Å². The second-order valence-corrected chi connectivity index (χ2v) is 6.47. The van der Waals surface area contributed by atoms with Crippen LogP contribution in [0, 0.1) is 0 Å². The van der Waals surface area contributed by atoms with Crippen molar-refractivity contribution >= 4 is 28.6 Å². The van der Waals surface area contributed by atoms with Crippen LogP contribution in [-0.4, -0.2) is 30.4 Å². The number of nitrogens with two attached hydrogens (primary N) is 1. The summed E-state index contributed by atoms with van der Waals surface area (Å²) in [5, 5.41) is 6.79. The molecule has 1 saturated heterocycles. The lowest BCUT2D eigenvalue weighted by Crippen LogP contribution is -2.42. The first-order valence-corrected chi connectivity index (χ1v) is 7.89. The van der Waals surface area contributed by atoms with Crippen molar-refractivity contribution < 1.29 is 14.3 Å². The third-order valence-corrected chi connectivity index (χ3v) is 5.01. The highest BCUT2D eigenvalue weighted by Gasteiger charge is 2.44. The molecule has 2 aromatic carbocycles. The first-order valence-electron chi connectivity index (χ1n) is 7.89. The van der Waals surface area contributed by atoms with Crippen LogP contribution in [0.3, 0.4) is 0 Å². The summed E-state index contributed by atoms with van der Waals surface area (Å²) in [4.78, 5) is 25.9. The summed E-state index contributed by atoms with van der Waals surface area (Å²) in [5.74, 6) is -0.375. The van der Waals surface area contributed by atoms with E-state index in [0.717, 1.165) is 12.1 Å². The fourth-order valence-corrected chi connectivity index (χ4v) is 3.84. The zero-order valence-electron chi connectivity index (χ0n) is 12.8. The lowest BCUT2D eigenvalue weighted by Gasteiger charge is -2.24. The number of fused-ring (bicyclic) bond motifs is 4. The number of nitrogen functional groups attached to an aromatic ring is 1. The highest BCUT2D eigenvalue weighted by atomic mass is 16.5. The molecule has 120 valence electrons. The van der Waals surface area contributed by atoms with Crippen LogP contribution in [0.1, 0.15) is 38.3 Å². The molecule has 1 atom stereocenters. The number of rotatable bonds is 0. The molecule has 0 bridgehead atoms. The number of hydrogen-bond donors (Lipinski definition) is 3. The Morgan fingerprint density at radius 3 is 2.62 bits per heavy atom. The Labute approximate surface area is 138 Å². The Bertz CT molecular complexity index is 929. The average Bonchev–Trinajstić information content (AvgIpc) is 3.17. The van der Waals surface area contributed by atoms with Gasteiger partial charge in [-0.05, 0) is 18.2 Å². The molecule has 0 aromatic heterocycles. The van der Waals surface area contributed by atoms with Gasteiger partial charge in [0.2, 0.25) is 0 Å². The van der Waals surface area contributed by atoms with Gasteiger partial charge < -0.3 is 21.1 Å². The summed E-state index contributed by atoms with van der Waals surface area (Å²) in [5.41, 5.74) is 8.90. The van der Waals surface area contributed by atoms with Gasteiger partial charge in [0.1, 0.15) is 5.66 Å². The van der Waals surface area contributed by atoms with E-state index in [1.54, 1.807) is 24.3 Å². The smallest absolute Gasteiger partial charge is 0.198 e. The first-order chi connectivity index (χ1) is 11.6. The van der Waals surface area contributed by atoms with E-state index in [4.69, 9.17) is 10.5 Å². The maximum absolute atomic E-state index is 13.1. The van der Waals surface area contributed by atoms with Crippen molar-refractivity contribution in [2.45, 2.75) is 12.1 Å². The number of carbonyl (C=O) groups is 2. The third-order valence-electron chi connectivity index (χ3n) is 5.01. The van der Waals surface area contributed by atoms with Crippen molar-refractivity contribution in [2.75, 3.05) is 29.6 Å². The van der Waals surface area contributed by atoms with Crippen LogP contribution < -0.4 is 16.4 Å². The molecule has 1 fully saturated rings. The minimum absolute atomic E-state index is 0.167. The quantitative estimate of drug-likeness (QED) is 0.548. The monoisotopic (exact) mass is 321 g/mol. The van der Waals surface area contributed by atoms with Gasteiger partial charge in [-0.15, -0.1) is 0 Å². The van der Waals surface area contributed by atoms with Gasteiger partial charge in [0.05, 0.1) is 35.7 Å². The van der Waals surface area contributed by atoms with Crippen LogP contribution >= 0.6 is 0 Å². The number of ketones is 2. The maximum atomic E-state index is 13.1. The SMILES string of the molecule is Nc1cccc2c1C(=O)c1c(ccc3c1NC1(CCOC1)N3)C2=O. The van der Waals surface area contributed by atoms with Gasteiger partial charge in [0.25, 0.3) is 0 Å². The molecule has 5 rings (SSSR count). The molecule has 1 unspecified atom stereocenters. The lowest BCUT2D eigenvalue weighted by atomic mass is 9.82. The van der Waals surface area contributed by atoms with Crippen LogP contribution in [0.25, 0.3) is 0 Å². The second kappa shape index (κ2) is 4.36. The third kappa shape index (κ3) is 1.58. The molecule has 2 aromatic rings. The Morgan fingerprint density at radius 2 is 1.83 bits per heavy atom. The molecule has 6 nitrogen and oxygen atoms in total. The van der Waals surface area contributed by atoms with Gasteiger partial charge in [-0.2, -0.15) is 0 Å². The number of hydrogen-bond acceptors (Lipinski definition) is 6. The molecule has 24 heavy (non-hydrogen) atoms. The molecule has 0 saturated carbocycles. The predicted octanol–water partition coefficient (Wildman–Crippen LogP) is 2.00. The van der Waals surface area contributed by atoms with Gasteiger partial charge >= 0.3 is 0 Å². The topological polar surface area (TPSA) is 93.5 Å². The van der Waals surface area contributed by atoms with Crippen molar-refractivity contribution in [1.29, 1.82) is 0 Å². The predicted molar refractivity (Wildman–Crippen MR) is 89.6 cm³/mol. The molecule has 2 heterocycles. The number of anilines is 3. The Hall–Kier alpha value is -2.86. The normalized spacial score (nSPS) is 23.5. The van der Waals surface area contributed by atoms with Gasteiger partial charge in [-0.1, -0.05) is 12.1 Å². The molecular weight excluding hydrogens is 306 g/mol. The summed E-state index contributed by atoms with van der Waals surface area (Å²) < 4.78 is 5.48. The molecule has 1 aliphatic carbocycles. The van der Waals surface area contributed by atoms with E-state index in [1.165, 1.54) is 0 Å². The fourth-order valence-electron chi connectivity index (χ4n) is 3.84. The van der Waals surface area contributed by atoms with E-state index in [9.17, 15) is 9.59 Å². The van der Waals surface area contributed by atoms with Crippen LogP contribution in [0.2, 0.25) is 0 Å². The fraction of sp³-hybridized carbons (Fsp3) is 0.222. The number of benzene rings is 2. The van der Waals surface area contributed by atoms with E-state index in [2.05, 4.69) is 10.6 Å². The van der Waals surface area contributed by atoms with Crippen molar-refractivity contribution in [3.8, 4) is 0 Å². The standard InChI is InChI=1S/C18H15N3O3/c19-11-3-1-2-9-13(11)17(23)14-10(16(9)22)4-5-12-15(14)21-18(20-12)6-7-24-8-18/h1-5,20-21H,6-8,19H2. The van der Waals surface area contributed by atoms with E-state index < -0.39 is 5.66 Å². The Balaban J connectivity index is 1.72. The second-order valence-electron chi connectivity index (χ2n) is 6.47. The summed E-state index contributed by atoms with van der Waals surface area (Å²) in [7, 11) is 0. The van der Waals surface area contributed by atoms with Gasteiger partial charge in [-0.25, -0.2) is 0 Å². The number of nitrogens with one attached hydrogen (secondary N) is 2. The highest BCUT2D eigenvalue weighted by molar-refractivity contribution is 6.32. The Kier molecular flexibility index (Phi) is 2.46. The molecule has 1 spiro atoms. The van der Waals surface area contributed by atoms with Gasteiger partial charge in [0, 0.05) is 23.2 Å². The molecule has 6 heteroatoms. The summed E-state index contributed by atoms with van der Waals surface area (Å²) in [6.07, 6.45) is 0.789. The average molecular weight is 321 g/mol. The largest absolute Gasteiger partial charge is 0.398 e. The Morgan fingerprint density at radius 1 is 1.00 bits per heavy atom. The zero-order chi connectivity index (χ0) is 16.5. The number of carbonyl (C=O) groups excluding carboxylic acids is 2. The lowest BCUT2D eigenvalue weighted by molar-refractivity contribution is 0.0980. The van der Waals surface area contributed by atoms with E-state index in [0.29, 0.717) is 46.8 Å². The maximum Gasteiger partial charge on any atom is 0.198 e. The molecule has 2 aliphatic heterocycles. The van der Waals surface area contributed by atoms with Crippen molar-refractivity contribution in [3.63, 3.8) is 0 Å². The van der Waals surface area contributed by atoms with E-state index in [-0.39, 0.29) is 11.6 Å². The zero-order valence-corrected chi connectivity index (χ0v) is 12.8. The van der Waals surface area contributed by atoms with Crippen molar-refractivity contribution in [2.24, 2.45) is 0 Å². The molecule has 4 N–H and O–H groups in total. The number of ether oxygens (including phenoxy) is 1. The van der Waals surface area contributed by atoms with E-state index in [1.807, 2.05) is 6.07 Å². The summed E-state index contributed by atoms with van der Waals surface area (Å²) in [6.45, 7) is 1.16. The van der Waals surface area contributed by atoms with Crippen LogP contribution in [0.5, 0.6) is 0 Å². The summed E-state index contributed by atoms with van der Waals surface area (Å²) >= 11 is 0. The van der Waals surface area contributed by atoms with Crippen LogP contribution in [-0.2, 0) is 4.74 Å². The van der Waals surface area contributed by atoms with Gasteiger partial charge in [0.15, 0.2) is 11.6 Å². The highest BCUT2D eigenvalue weighted by Crippen LogP contribution is 2.44. The van der Waals surface area contributed by atoms with Crippen molar-refractivity contribution in [1.82, 2.24) is 0 Å². The van der Waals surface area contributed by atoms with Crippen LogP contribution in [0.4, 0.5) is 17.1 Å². The first kappa shape index (κ1) is 13.6. The minimum Gasteiger partial charge on any atom is -0.398 e. The molecule has 3 aliphatic rings. The summed E-state index contributed by atoms with van der Waals surface area (Å²) in [6, 6.07) is 8.55. The molecule has 0 amide bonds. The minimum atomic E-state index is -0.400. The van der Waals surface area contributed by atoms with Gasteiger partial charge in [-0.3, -0.25) is 9.59 Å². The molecular formula is C18H15N3O3. The molecule has 0 radical (unpaired) electrons. The van der Waals surface area contributed by atoms with Crippen molar-refractivity contribution in [3.05, 3.63) is 52.6 Å². The van der Waals surface area contributed by atoms with E-state index >= 15 is 0 Å².